The number of hydrogen-bond acceptors (Lipinski definition) is 7. The highest BCUT2D eigenvalue weighted by atomic mass is 32.2. The van der Waals surface area contributed by atoms with Gasteiger partial charge in [-0.15, -0.1) is 0 Å². The fourth-order valence-electron chi connectivity index (χ4n) is 1.94. The minimum Gasteiger partial charge on any atom is -0.497 e. The molecule has 1 atom stereocenters. The first-order valence-corrected chi connectivity index (χ1v) is 8.89. The fourth-order valence-corrected chi connectivity index (χ4v) is 3.17. The predicted molar refractivity (Wildman–Crippen MR) is 91.8 cm³/mol. The molecule has 0 aliphatic heterocycles. The van der Waals surface area contributed by atoms with Gasteiger partial charge in [0.2, 0.25) is 21.8 Å². The van der Waals surface area contributed by atoms with Crippen LogP contribution in [0.15, 0.2) is 29.2 Å². The summed E-state index contributed by atoms with van der Waals surface area (Å²) in [7, 11) is -2.77. The van der Waals surface area contributed by atoms with E-state index in [9.17, 15) is 27.6 Å². The molecule has 6 amide bonds. The molecule has 0 aliphatic rings. The second-order valence-electron chi connectivity index (χ2n) is 5.15. The van der Waals surface area contributed by atoms with E-state index in [2.05, 4.69) is 4.72 Å². The van der Waals surface area contributed by atoms with Crippen molar-refractivity contribution < 1.29 is 32.3 Å². The Bertz CT molecular complexity index is 823. The minimum absolute atomic E-state index is 0.179. The van der Waals surface area contributed by atoms with Crippen LogP contribution in [0.2, 0.25) is 0 Å². The Balaban J connectivity index is 2.96. The third kappa shape index (κ3) is 7.29. The number of primary amides is 2. The van der Waals surface area contributed by atoms with Crippen molar-refractivity contribution in [2.45, 2.75) is 23.8 Å². The van der Waals surface area contributed by atoms with Gasteiger partial charge in [-0.1, -0.05) is 0 Å². The Morgan fingerprint density at radius 1 is 1.04 bits per heavy atom. The molecule has 7 N–H and O–H groups in total. The number of amides is 6. The van der Waals surface area contributed by atoms with E-state index < -0.39 is 46.4 Å². The smallest absolute Gasteiger partial charge is 0.318 e. The van der Waals surface area contributed by atoms with Crippen molar-refractivity contribution in [1.29, 1.82) is 0 Å². The monoisotopic (exact) mass is 401 g/mol. The van der Waals surface area contributed by atoms with E-state index in [1.165, 1.54) is 31.4 Å². The molecule has 27 heavy (non-hydrogen) atoms. The molecule has 0 saturated heterocycles. The number of rotatable bonds is 8. The van der Waals surface area contributed by atoms with Gasteiger partial charge in [-0.25, -0.2) is 18.0 Å². The molecule has 1 aromatic rings. The molecule has 1 rings (SSSR count). The maximum atomic E-state index is 12.4. The third-order valence-corrected chi connectivity index (χ3v) is 4.64. The number of nitrogens with two attached hydrogens (primary N) is 2. The quantitative estimate of drug-likeness (QED) is 0.349. The molecular formula is C14H19N5O7S. The number of sulfonamides is 1. The Labute approximate surface area is 154 Å². The Kier molecular flexibility index (Phi) is 7.68. The van der Waals surface area contributed by atoms with Gasteiger partial charge in [0.1, 0.15) is 11.8 Å². The normalized spacial score (nSPS) is 11.9. The fraction of sp³-hybridized carbons (Fsp3) is 0.286. The number of imide groups is 2. The van der Waals surface area contributed by atoms with Gasteiger partial charge in [0, 0.05) is 6.42 Å². The van der Waals surface area contributed by atoms with Crippen LogP contribution in [-0.2, 0) is 19.6 Å². The SMILES string of the molecule is COc1ccc(S(=O)(=O)NC(CCC(=O)NC(N)=O)C(=O)NC(N)=O)cc1. The van der Waals surface area contributed by atoms with Gasteiger partial charge >= 0.3 is 12.1 Å². The van der Waals surface area contributed by atoms with E-state index in [1.54, 1.807) is 10.6 Å². The lowest BCUT2D eigenvalue weighted by atomic mass is 10.1. The van der Waals surface area contributed by atoms with Crippen molar-refractivity contribution in [3.8, 4) is 5.75 Å². The van der Waals surface area contributed by atoms with E-state index in [-0.39, 0.29) is 11.3 Å². The number of nitrogens with one attached hydrogen (secondary N) is 3. The molecule has 0 aromatic heterocycles. The van der Waals surface area contributed by atoms with Crippen LogP contribution in [0.1, 0.15) is 12.8 Å². The molecule has 1 aromatic carbocycles. The number of methoxy groups -OCH3 is 1. The number of benzene rings is 1. The maximum Gasteiger partial charge on any atom is 0.318 e. The average molecular weight is 401 g/mol. The number of carbonyl (C=O) groups excluding carboxylic acids is 4. The van der Waals surface area contributed by atoms with E-state index in [1.807, 2.05) is 0 Å². The molecule has 0 heterocycles. The summed E-state index contributed by atoms with van der Waals surface area (Å²) >= 11 is 0. The van der Waals surface area contributed by atoms with Gasteiger partial charge < -0.3 is 16.2 Å². The maximum absolute atomic E-state index is 12.4. The zero-order chi connectivity index (χ0) is 20.6. The van der Waals surface area contributed by atoms with Gasteiger partial charge in [-0.2, -0.15) is 4.72 Å². The summed E-state index contributed by atoms with van der Waals surface area (Å²) in [6, 6.07) is 1.46. The first-order valence-electron chi connectivity index (χ1n) is 7.41. The molecule has 0 bridgehead atoms. The summed E-state index contributed by atoms with van der Waals surface area (Å²) in [6.07, 6.45) is -0.793. The van der Waals surface area contributed by atoms with Crippen molar-refractivity contribution in [1.82, 2.24) is 15.4 Å². The van der Waals surface area contributed by atoms with Crippen LogP contribution in [0.3, 0.4) is 0 Å². The van der Waals surface area contributed by atoms with E-state index in [0.717, 1.165) is 0 Å². The number of ether oxygens (including phenoxy) is 1. The number of hydrogen-bond donors (Lipinski definition) is 5. The first kappa shape index (κ1) is 21.9. The second-order valence-corrected chi connectivity index (χ2v) is 6.87. The van der Waals surface area contributed by atoms with E-state index in [0.29, 0.717) is 5.75 Å². The van der Waals surface area contributed by atoms with E-state index in [4.69, 9.17) is 16.2 Å². The van der Waals surface area contributed by atoms with Crippen molar-refractivity contribution in [3.63, 3.8) is 0 Å². The zero-order valence-electron chi connectivity index (χ0n) is 14.2. The standard InChI is InChI=1S/C14H19N5O7S/c1-26-8-2-4-9(5-3-8)27(24,25)19-10(12(21)18-14(16)23)6-7-11(20)17-13(15)22/h2-5,10,19H,6-7H2,1H3,(H3,15,17,20,22)(H3,16,18,21,23). The lowest BCUT2D eigenvalue weighted by molar-refractivity contribution is -0.122. The minimum atomic E-state index is -4.18. The Morgan fingerprint density at radius 3 is 2.07 bits per heavy atom. The largest absolute Gasteiger partial charge is 0.497 e. The lowest BCUT2D eigenvalue weighted by Gasteiger charge is -2.17. The molecule has 0 spiro atoms. The molecule has 0 radical (unpaired) electrons. The highest BCUT2D eigenvalue weighted by Gasteiger charge is 2.27. The second kappa shape index (κ2) is 9.49. The molecular weight excluding hydrogens is 382 g/mol. The van der Waals surface area contributed by atoms with Gasteiger partial charge in [0.25, 0.3) is 0 Å². The lowest BCUT2D eigenvalue weighted by Crippen LogP contribution is -2.50. The molecule has 1 unspecified atom stereocenters. The molecule has 0 aliphatic carbocycles. The van der Waals surface area contributed by atoms with Gasteiger partial charge in [-0.3, -0.25) is 20.2 Å². The molecule has 0 fully saturated rings. The van der Waals surface area contributed by atoms with Crippen LogP contribution in [0, 0.1) is 0 Å². The number of carbonyl (C=O) groups is 4. The summed E-state index contributed by atoms with van der Waals surface area (Å²) in [6.45, 7) is 0. The van der Waals surface area contributed by atoms with Crippen molar-refractivity contribution in [2.24, 2.45) is 11.5 Å². The average Bonchev–Trinajstić information content (AvgIpc) is 2.57. The molecule has 148 valence electrons. The van der Waals surface area contributed by atoms with Crippen LogP contribution >= 0.6 is 0 Å². The van der Waals surface area contributed by atoms with Crippen molar-refractivity contribution in [2.75, 3.05) is 7.11 Å². The van der Waals surface area contributed by atoms with Crippen molar-refractivity contribution >= 4 is 33.9 Å². The highest BCUT2D eigenvalue weighted by Crippen LogP contribution is 2.16. The van der Waals surface area contributed by atoms with Crippen LogP contribution in [0.4, 0.5) is 9.59 Å². The van der Waals surface area contributed by atoms with Gasteiger partial charge in [0.05, 0.1) is 12.0 Å². The summed E-state index contributed by atoms with van der Waals surface area (Å²) in [5.41, 5.74) is 9.65. The summed E-state index contributed by atoms with van der Waals surface area (Å²) in [5.74, 6) is -1.48. The van der Waals surface area contributed by atoms with Crippen molar-refractivity contribution in [3.05, 3.63) is 24.3 Å². The molecule has 12 nitrogen and oxygen atoms in total. The van der Waals surface area contributed by atoms with Gasteiger partial charge in [0.15, 0.2) is 0 Å². The van der Waals surface area contributed by atoms with E-state index >= 15 is 0 Å². The molecule has 13 heteroatoms. The Morgan fingerprint density at radius 2 is 1.59 bits per heavy atom. The summed E-state index contributed by atoms with van der Waals surface area (Å²) in [4.78, 5) is 44.8. The zero-order valence-corrected chi connectivity index (χ0v) is 15.0. The predicted octanol–water partition coefficient (Wildman–Crippen LogP) is -1.49. The van der Waals surface area contributed by atoms with Crippen LogP contribution in [0.5, 0.6) is 5.75 Å². The summed E-state index contributed by atoms with van der Waals surface area (Å²) < 4.78 is 31.9. The van der Waals surface area contributed by atoms with Crippen LogP contribution < -0.4 is 31.6 Å². The first-order chi connectivity index (χ1) is 12.5. The summed E-state index contributed by atoms with van der Waals surface area (Å²) in [5, 5.41) is 3.50. The van der Waals surface area contributed by atoms with Crippen LogP contribution in [0.25, 0.3) is 0 Å². The topological polar surface area (TPSA) is 200 Å². The Hall–Kier alpha value is -3.19. The highest BCUT2D eigenvalue weighted by molar-refractivity contribution is 7.89. The number of urea groups is 2. The van der Waals surface area contributed by atoms with Crippen LogP contribution in [-0.4, -0.2) is 45.4 Å². The third-order valence-electron chi connectivity index (χ3n) is 3.15. The van der Waals surface area contributed by atoms with Gasteiger partial charge in [-0.05, 0) is 30.7 Å². The molecule has 0 saturated carbocycles.